The minimum absolute atomic E-state index is 0.0267. The number of carbonyl (C=O) groups is 2. The fourth-order valence-electron chi connectivity index (χ4n) is 2.70. The molecule has 0 saturated heterocycles. The van der Waals surface area contributed by atoms with Crippen molar-refractivity contribution >= 4 is 22.7 Å². The number of fused-ring (bicyclic) bond motifs is 1. The number of carbonyl (C=O) groups excluding carboxylic acids is 2. The third kappa shape index (κ3) is 4.78. The second-order valence-corrected chi connectivity index (χ2v) is 6.12. The molecule has 0 radical (unpaired) electrons. The van der Waals surface area contributed by atoms with Gasteiger partial charge in [0.15, 0.2) is 13.2 Å². The Balaban J connectivity index is 1.59. The Kier molecular flexibility index (Phi) is 5.92. The summed E-state index contributed by atoms with van der Waals surface area (Å²) < 4.78 is 33.7. The van der Waals surface area contributed by atoms with Crippen LogP contribution in [0.1, 0.15) is 15.9 Å². The zero-order valence-electron chi connectivity index (χ0n) is 15.7. The minimum Gasteiger partial charge on any atom is -0.496 e. The first kappa shape index (κ1) is 20.1. The fourth-order valence-corrected chi connectivity index (χ4v) is 2.70. The van der Waals surface area contributed by atoms with Gasteiger partial charge in [0.05, 0.1) is 12.7 Å². The number of rotatable bonds is 7. The molecule has 0 aliphatic carbocycles. The lowest BCUT2D eigenvalue weighted by molar-refractivity contribution is -0.144. The first-order valence-electron chi connectivity index (χ1n) is 8.57. The van der Waals surface area contributed by atoms with Crippen molar-refractivity contribution in [2.24, 2.45) is 0 Å². The molecule has 7 nitrogen and oxygen atoms in total. The zero-order chi connectivity index (χ0) is 21.0. The van der Waals surface area contributed by atoms with Gasteiger partial charge in [-0.1, -0.05) is 0 Å². The Morgan fingerprint density at radius 1 is 1.07 bits per heavy atom. The van der Waals surface area contributed by atoms with Crippen molar-refractivity contribution in [1.82, 2.24) is 0 Å². The Bertz CT molecular complexity index is 1130. The summed E-state index contributed by atoms with van der Waals surface area (Å²) in [4.78, 5) is 35.5. The van der Waals surface area contributed by atoms with Gasteiger partial charge in [0.25, 0.3) is 0 Å². The van der Waals surface area contributed by atoms with Crippen molar-refractivity contribution in [2.75, 3.05) is 20.3 Å². The van der Waals surface area contributed by atoms with E-state index in [1.54, 1.807) is 19.1 Å². The molecular weight excluding hydrogens is 383 g/mol. The molecule has 0 unspecified atom stereocenters. The number of hydrogen-bond donors (Lipinski definition) is 0. The topological polar surface area (TPSA) is 92.0 Å². The Labute approximate surface area is 164 Å². The van der Waals surface area contributed by atoms with E-state index in [-0.39, 0.29) is 11.3 Å². The second-order valence-electron chi connectivity index (χ2n) is 6.12. The number of ether oxygens (including phenoxy) is 3. The van der Waals surface area contributed by atoms with Gasteiger partial charge >= 0.3 is 11.6 Å². The van der Waals surface area contributed by atoms with Crippen LogP contribution in [-0.4, -0.2) is 32.1 Å². The van der Waals surface area contributed by atoms with E-state index in [9.17, 15) is 18.8 Å². The highest BCUT2D eigenvalue weighted by Crippen LogP contribution is 2.22. The van der Waals surface area contributed by atoms with Crippen LogP contribution >= 0.6 is 0 Å². The van der Waals surface area contributed by atoms with Crippen LogP contribution in [0.25, 0.3) is 11.0 Å². The van der Waals surface area contributed by atoms with Gasteiger partial charge in [-0.15, -0.1) is 0 Å². The molecule has 0 saturated carbocycles. The predicted molar refractivity (Wildman–Crippen MR) is 101 cm³/mol. The molecule has 29 heavy (non-hydrogen) atoms. The molecule has 0 spiro atoms. The van der Waals surface area contributed by atoms with Crippen LogP contribution in [0.5, 0.6) is 11.5 Å². The Morgan fingerprint density at radius 2 is 1.86 bits per heavy atom. The number of aryl methyl sites for hydroxylation is 1. The molecule has 0 aliphatic heterocycles. The smallest absolute Gasteiger partial charge is 0.344 e. The third-order valence-electron chi connectivity index (χ3n) is 4.11. The van der Waals surface area contributed by atoms with E-state index in [1.165, 1.54) is 25.3 Å². The summed E-state index contributed by atoms with van der Waals surface area (Å²) in [7, 11) is 1.34. The van der Waals surface area contributed by atoms with E-state index < -0.39 is 36.4 Å². The predicted octanol–water partition coefficient (Wildman–Crippen LogP) is 3.05. The van der Waals surface area contributed by atoms with Crippen molar-refractivity contribution in [3.8, 4) is 11.5 Å². The summed E-state index contributed by atoms with van der Waals surface area (Å²) in [5, 5.41) is 0.745. The SMILES string of the molecule is COc1ccc(F)cc1C(=O)COC(=O)COc1ccc2c(C)cc(=O)oc2c1. The molecule has 0 N–H and O–H groups in total. The van der Waals surface area contributed by atoms with Gasteiger partial charge in [0.2, 0.25) is 5.78 Å². The first-order chi connectivity index (χ1) is 13.9. The van der Waals surface area contributed by atoms with Gasteiger partial charge in [0, 0.05) is 17.5 Å². The van der Waals surface area contributed by atoms with Gasteiger partial charge < -0.3 is 18.6 Å². The molecule has 8 heteroatoms. The lowest BCUT2D eigenvalue weighted by Crippen LogP contribution is -2.20. The molecule has 3 rings (SSSR count). The number of hydrogen-bond acceptors (Lipinski definition) is 7. The molecule has 0 amide bonds. The average molecular weight is 400 g/mol. The maximum Gasteiger partial charge on any atom is 0.344 e. The van der Waals surface area contributed by atoms with Crippen molar-refractivity contribution in [3.63, 3.8) is 0 Å². The standard InChI is InChI=1S/C21H17FO7/c1-12-7-20(24)29-19-9-14(4-5-15(12)19)27-11-21(25)28-10-17(23)16-8-13(22)3-6-18(16)26-2/h3-9H,10-11H2,1-2H3. The molecule has 0 fully saturated rings. The van der Waals surface area contributed by atoms with Gasteiger partial charge in [-0.25, -0.2) is 14.0 Å². The second kappa shape index (κ2) is 8.55. The summed E-state index contributed by atoms with van der Waals surface area (Å²) in [6.45, 7) is 0.727. The van der Waals surface area contributed by atoms with Crippen LogP contribution in [0.2, 0.25) is 0 Å². The maximum atomic E-state index is 13.3. The van der Waals surface area contributed by atoms with Crippen LogP contribution in [0.4, 0.5) is 4.39 Å². The van der Waals surface area contributed by atoms with Gasteiger partial charge in [-0.3, -0.25) is 4.79 Å². The number of ketones is 1. The molecular formula is C21H17FO7. The average Bonchev–Trinajstić information content (AvgIpc) is 2.70. The van der Waals surface area contributed by atoms with Crippen molar-refractivity contribution in [3.05, 3.63) is 69.8 Å². The van der Waals surface area contributed by atoms with E-state index in [4.69, 9.17) is 18.6 Å². The van der Waals surface area contributed by atoms with Crippen molar-refractivity contribution < 1.29 is 32.6 Å². The Hall–Kier alpha value is -3.68. The molecule has 0 atom stereocenters. The van der Waals surface area contributed by atoms with Gasteiger partial charge in [0.1, 0.15) is 22.9 Å². The maximum absolute atomic E-state index is 13.3. The van der Waals surface area contributed by atoms with Crippen LogP contribution in [0, 0.1) is 12.7 Å². The summed E-state index contributed by atoms with van der Waals surface area (Å²) >= 11 is 0. The number of benzene rings is 2. The van der Waals surface area contributed by atoms with Crippen LogP contribution in [0.3, 0.4) is 0 Å². The highest BCUT2D eigenvalue weighted by molar-refractivity contribution is 6.00. The fraction of sp³-hybridized carbons (Fsp3) is 0.190. The monoisotopic (exact) mass is 400 g/mol. The molecule has 0 aliphatic rings. The van der Waals surface area contributed by atoms with E-state index in [0.29, 0.717) is 11.3 Å². The molecule has 0 bridgehead atoms. The van der Waals surface area contributed by atoms with Crippen LogP contribution < -0.4 is 15.1 Å². The molecule has 150 valence electrons. The highest BCUT2D eigenvalue weighted by Gasteiger charge is 2.16. The molecule has 3 aromatic rings. The van der Waals surface area contributed by atoms with E-state index >= 15 is 0 Å². The lowest BCUT2D eigenvalue weighted by atomic mass is 10.1. The normalized spacial score (nSPS) is 10.6. The van der Waals surface area contributed by atoms with E-state index in [2.05, 4.69) is 0 Å². The van der Waals surface area contributed by atoms with Crippen molar-refractivity contribution in [2.45, 2.75) is 6.92 Å². The molecule has 1 heterocycles. The summed E-state index contributed by atoms with van der Waals surface area (Å²) in [5.74, 6) is -1.54. The molecule has 2 aromatic carbocycles. The third-order valence-corrected chi connectivity index (χ3v) is 4.11. The van der Waals surface area contributed by atoms with Gasteiger partial charge in [-0.2, -0.15) is 0 Å². The van der Waals surface area contributed by atoms with Crippen molar-refractivity contribution in [1.29, 1.82) is 0 Å². The summed E-state index contributed by atoms with van der Waals surface area (Å²) in [5.41, 5.74) is 0.571. The van der Waals surface area contributed by atoms with Crippen LogP contribution in [-0.2, 0) is 9.53 Å². The first-order valence-corrected chi connectivity index (χ1v) is 8.57. The largest absolute Gasteiger partial charge is 0.496 e. The quantitative estimate of drug-likeness (QED) is 0.342. The summed E-state index contributed by atoms with van der Waals surface area (Å²) in [6, 6.07) is 9.66. The van der Waals surface area contributed by atoms with E-state index in [1.807, 2.05) is 0 Å². The Morgan fingerprint density at radius 3 is 2.62 bits per heavy atom. The lowest BCUT2D eigenvalue weighted by Gasteiger charge is -2.09. The highest BCUT2D eigenvalue weighted by atomic mass is 19.1. The minimum atomic E-state index is -0.792. The number of methoxy groups -OCH3 is 1. The number of halogens is 1. The zero-order valence-corrected chi connectivity index (χ0v) is 15.7. The van der Waals surface area contributed by atoms with E-state index in [0.717, 1.165) is 23.1 Å². The molecule has 1 aromatic heterocycles. The number of esters is 1. The van der Waals surface area contributed by atoms with Crippen LogP contribution in [0.15, 0.2) is 51.7 Å². The van der Waals surface area contributed by atoms with Gasteiger partial charge in [-0.05, 0) is 42.8 Å². The summed E-state index contributed by atoms with van der Waals surface area (Å²) in [6.07, 6.45) is 0. The number of Topliss-reactive ketones (excluding diaryl/α,β-unsaturated/α-hetero) is 1.